The molecule has 0 radical (unpaired) electrons. The van der Waals surface area contributed by atoms with E-state index < -0.39 is 5.54 Å². The van der Waals surface area contributed by atoms with Crippen LogP contribution in [-0.4, -0.2) is 54.9 Å². The van der Waals surface area contributed by atoms with Crippen molar-refractivity contribution in [3.05, 3.63) is 41.7 Å². The van der Waals surface area contributed by atoms with Gasteiger partial charge in [0.25, 0.3) is 5.91 Å². The Labute approximate surface area is 160 Å². The Balaban J connectivity index is 1.86. The quantitative estimate of drug-likeness (QED) is 0.839. The first-order valence-electron chi connectivity index (χ1n) is 9.20. The molecule has 0 spiro atoms. The molecule has 1 amide bonds. The van der Waals surface area contributed by atoms with Crippen LogP contribution in [0.25, 0.3) is 0 Å². The van der Waals surface area contributed by atoms with E-state index >= 15 is 0 Å². The monoisotopic (exact) mass is 372 g/mol. The molecular weight excluding hydrogens is 344 g/mol. The number of hydrogen-bond donors (Lipinski definition) is 1. The van der Waals surface area contributed by atoms with Crippen molar-refractivity contribution in [2.24, 2.45) is 0 Å². The highest BCUT2D eigenvalue weighted by Crippen LogP contribution is 2.33. The van der Waals surface area contributed by atoms with E-state index in [-0.39, 0.29) is 5.91 Å². The number of carbonyl (C=O) groups excluding carboxylic acids is 1. The van der Waals surface area contributed by atoms with Gasteiger partial charge in [0.15, 0.2) is 11.5 Å². The normalized spacial score (nSPS) is 16.0. The maximum atomic E-state index is 13.5. The van der Waals surface area contributed by atoms with E-state index in [4.69, 9.17) is 9.47 Å². The smallest absolute Gasteiger partial charge is 0.250 e. The second kappa shape index (κ2) is 8.00. The molecule has 1 aromatic heterocycles. The van der Waals surface area contributed by atoms with Gasteiger partial charge in [-0.25, -0.2) is 0 Å². The summed E-state index contributed by atoms with van der Waals surface area (Å²) in [6.07, 6.45) is 5.07. The number of methoxy groups -OCH3 is 2. The van der Waals surface area contributed by atoms with Gasteiger partial charge >= 0.3 is 0 Å². The molecule has 3 rings (SSSR count). The van der Waals surface area contributed by atoms with Crippen LogP contribution in [-0.2, 0) is 16.9 Å². The first-order valence-corrected chi connectivity index (χ1v) is 9.20. The Bertz CT molecular complexity index is 783. The standard InChI is InChI=1S/C20H28N4O3/c1-15-12-17(26-3)18(27-4)13-16(15)14-23(2)19(25)20(6-9-21-10-7-20)24-11-5-8-22-24/h5,8,11-13,21H,6-7,9-10,14H2,1-4H3. The molecule has 1 fully saturated rings. The molecular formula is C20H28N4O3. The summed E-state index contributed by atoms with van der Waals surface area (Å²) >= 11 is 0. The Hall–Kier alpha value is -2.54. The number of likely N-dealkylation sites (N-methyl/N-ethyl adjacent to an activating group) is 1. The van der Waals surface area contributed by atoms with Gasteiger partial charge in [0.2, 0.25) is 0 Å². The fourth-order valence-corrected chi connectivity index (χ4v) is 3.78. The Kier molecular flexibility index (Phi) is 5.70. The predicted octanol–water partition coefficient (Wildman–Crippen LogP) is 1.95. The SMILES string of the molecule is COc1cc(C)c(CN(C)C(=O)C2(n3cccn3)CCNCC2)cc1OC. The van der Waals surface area contributed by atoms with Crippen LogP contribution in [0.4, 0.5) is 0 Å². The van der Waals surface area contributed by atoms with E-state index in [1.54, 1.807) is 25.3 Å². The average molecular weight is 372 g/mol. The van der Waals surface area contributed by atoms with Gasteiger partial charge < -0.3 is 19.7 Å². The van der Waals surface area contributed by atoms with Gasteiger partial charge in [-0.3, -0.25) is 9.48 Å². The summed E-state index contributed by atoms with van der Waals surface area (Å²) in [4.78, 5) is 15.3. The van der Waals surface area contributed by atoms with E-state index in [1.165, 1.54) is 0 Å². The van der Waals surface area contributed by atoms with Crippen molar-refractivity contribution in [2.75, 3.05) is 34.4 Å². The zero-order valence-corrected chi connectivity index (χ0v) is 16.5. The molecule has 2 heterocycles. The van der Waals surface area contributed by atoms with E-state index in [2.05, 4.69) is 10.4 Å². The Morgan fingerprint density at radius 2 is 1.93 bits per heavy atom. The first-order chi connectivity index (χ1) is 13.0. The van der Waals surface area contributed by atoms with Crippen molar-refractivity contribution in [3.8, 4) is 11.5 Å². The van der Waals surface area contributed by atoms with Crippen LogP contribution in [0, 0.1) is 6.92 Å². The molecule has 1 N–H and O–H groups in total. The number of ether oxygens (including phenoxy) is 2. The highest BCUT2D eigenvalue weighted by atomic mass is 16.5. The first kappa shape index (κ1) is 19.2. The van der Waals surface area contributed by atoms with Gasteiger partial charge in [-0.2, -0.15) is 5.10 Å². The van der Waals surface area contributed by atoms with Gasteiger partial charge in [-0.1, -0.05) is 0 Å². The van der Waals surface area contributed by atoms with Crippen molar-refractivity contribution in [1.82, 2.24) is 20.0 Å². The lowest BCUT2D eigenvalue weighted by atomic mass is 9.86. The van der Waals surface area contributed by atoms with Crippen LogP contribution < -0.4 is 14.8 Å². The summed E-state index contributed by atoms with van der Waals surface area (Å²) in [5.74, 6) is 1.45. The number of nitrogens with one attached hydrogen (secondary N) is 1. The van der Waals surface area contributed by atoms with Gasteiger partial charge in [-0.05, 0) is 62.2 Å². The zero-order chi connectivity index (χ0) is 19.4. The number of aryl methyl sites for hydroxylation is 1. The van der Waals surface area contributed by atoms with Gasteiger partial charge in [0, 0.05) is 26.0 Å². The van der Waals surface area contributed by atoms with Crippen LogP contribution >= 0.6 is 0 Å². The third-order valence-corrected chi connectivity index (χ3v) is 5.37. The molecule has 2 aromatic rings. The molecule has 1 saturated heterocycles. The summed E-state index contributed by atoms with van der Waals surface area (Å²) in [6, 6.07) is 5.76. The van der Waals surface area contributed by atoms with Gasteiger partial charge in [0.1, 0.15) is 5.54 Å². The largest absolute Gasteiger partial charge is 0.493 e. The predicted molar refractivity (Wildman–Crippen MR) is 103 cm³/mol. The van der Waals surface area contributed by atoms with Crippen LogP contribution in [0.3, 0.4) is 0 Å². The molecule has 0 aliphatic carbocycles. The number of aromatic nitrogens is 2. The van der Waals surface area contributed by atoms with Gasteiger partial charge in [-0.15, -0.1) is 0 Å². The minimum atomic E-state index is -0.631. The maximum absolute atomic E-state index is 13.5. The molecule has 0 bridgehead atoms. The molecule has 7 nitrogen and oxygen atoms in total. The number of hydrogen-bond acceptors (Lipinski definition) is 5. The molecule has 1 aliphatic heterocycles. The number of nitrogens with zero attached hydrogens (tertiary/aromatic N) is 3. The Morgan fingerprint density at radius 1 is 1.26 bits per heavy atom. The minimum absolute atomic E-state index is 0.0851. The van der Waals surface area contributed by atoms with Crippen molar-refractivity contribution in [1.29, 1.82) is 0 Å². The number of amides is 1. The minimum Gasteiger partial charge on any atom is -0.493 e. The highest BCUT2D eigenvalue weighted by molar-refractivity contribution is 5.84. The second-order valence-corrected chi connectivity index (χ2v) is 7.03. The molecule has 0 atom stereocenters. The lowest BCUT2D eigenvalue weighted by Gasteiger charge is -2.39. The maximum Gasteiger partial charge on any atom is 0.250 e. The molecule has 1 aliphatic rings. The zero-order valence-electron chi connectivity index (χ0n) is 16.5. The lowest BCUT2D eigenvalue weighted by molar-refractivity contribution is -0.142. The Morgan fingerprint density at radius 3 is 2.52 bits per heavy atom. The van der Waals surface area contributed by atoms with Crippen LogP contribution in [0.5, 0.6) is 11.5 Å². The average Bonchev–Trinajstić information content (AvgIpc) is 3.24. The number of piperidine rings is 1. The molecule has 0 unspecified atom stereocenters. The number of carbonyl (C=O) groups is 1. The third-order valence-electron chi connectivity index (χ3n) is 5.37. The van der Waals surface area contributed by atoms with E-state index in [0.717, 1.165) is 37.1 Å². The van der Waals surface area contributed by atoms with Crippen molar-refractivity contribution in [2.45, 2.75) is 31.8 Å². The third kappa shape index (κ3) is 3.64. The summed E-state index contributed by atoms with van der Waals surface area (Å²) in [7, 11) is 5.09. The number of rotatable bonds is 6. The number of benzene rings is 1. The highest BCUT2D eigenvalue weighted by Gasteiger charge is 2.43. The molecule has 146 valence electrons. The van der Waals surface area contributed by atoms with Crippen molar-refractivity contribution in [3.63, 3.8) is 0 Å². The summed E-state index contributed by atoms with van der Waals surface area (Å²) in [6.45, 7) is 4.12. The van der Waals surface area contributed by atoms with Crippen LogP contribution in [0.2, 0.25) is 0 Å². The van der Waals surface area contributed by atoms with Crippen LogP contribution in [0.15, 0.2) is 30.6 Å². The lowest BCUT2D eigenvalue weighted by Crippen LogP contribution is -2.54. The summed E-state index contributed by atoms with van der Waals surface area (Å²) in [5, 5.41) is 7.73. The summed E-state index contributed by atoms with van der Waals surface area (Å²) in [5.41, 5.74) is 1.47. The van der Waals surface area contributed by atoms with Crippen molar-refractivity contribution >= 4 is 5.91 Å². The van der Waals surface area contributed by atoms with Gasteiger partial charge in [0.05, 0.1) is 14.2 Å². The molecule has 0 saturated carbocycles. The molecule has 7 heteroatoms. The van der Waals surface area contributed by atoms with Crippen molar-refractivity contribution < 1.29 is 14.3 Å². The van der Waals surface area contributed by atoms with E-state index in [9.17, 15) is 4.79 Å². The second-order valence-electron chi connectivity index (χ2n) is 7.03. The molecule has 27 heavy (non-hydrogen) atoms. The topological polar surface area (TPSA) is 68.6 Å². The fraction of sp³-hybridized carbons (Fsp3) is 0.500. The van der Waals surface area contributed by atoms with E-state index in [1.807, 2.05) is 43.0 Å². The molecule has 1 aromatic carbocycles. The van der Waals surface area contributed by atoms with E-state index in [0.29, 0.717) is 18.0 Å². The van der Waals surface area contributed by atoms with Crippen LogP contribution in [0.1, 0.15) is 24.0 Å². The summed E-state index contributed by atoms with van der Waals surface area (Å²) < 4.78 is 12.6. The fourth-order valence-electron chi connectivity index (χ4n) is 3.78.